The number of aliphatic hydroxyl groups excluding tert-OH is 2. The third-order valence-corrected chi connectivity index (χ3v) is 2.60. The van der Waals surface area contributed by atoms with Crippen LogP contribution in [0.4, 0.5) is 4.79 Å². The SMILES string of the molecule is COc1cccc(/C=C/NC(=O)N(CCO)CCO)c1. The summed E-state index contributed by atoms with van der Waals surface area (Å²) >= 11 is 0. The fourth-order valence-corrected chi connectivity index (χ4v) is 1.60. The normalized spacial score (nSPS) is 10.6. The van der Waals surface area contributed by atoms with Crippen molar-refractivity contribution in [3.8, 4) is 5.75 Å². The number of hydrogen-bond acceptors (Lipinski definition) is 4. The summed E-state index contributed by atoms with van der Waals surface area (Å²) in [6.07, 6.45) is 3.25. The highest BCUT2D eigenvalue weighted by Gasteiger charge is 2.09. The zero-order valence-electron chi connectivity index (χ0n) is 11.5. The molecule has 0 aliphatic carbocycles. The van der Waals surface area contributed by atoms with Gasteiger partial charge in [0.2, 0.25) is 0 Å². The van der Waals surface area contributed by atoms with E-state index in [1.54, 1.807) is 13.2 Å². The number of rotatable bonds is 7. The maximum Gasteiger partial charge on any atom is 0.321 e. The fourth-order valence-electron chi connectivity index (χ4n) is 1.60. The largest absolute Gasteiger partial charge is 0.497 e. The van der Waals surface area contributed by atoms with Gasteiger partial charge in [-0.25, -0.2) is 4.79 Å². The van der Waals surface area contributed by atoms with Gasteiger partial charge < -0.3 is 25.2 Å². The number of urea groups is 1. The highest BCUT2D eigenvalue weighted by Crippen LogP contribution is 2.13. The molecule has 0 aliphatic rings. The van der Waals surface area contributed by atoms with Gasteiger partial charge in [0.1, 0.15) is 5.75 Å². The van der Waals surface area contributed by atoms with E-state index in [0.717, 1.165) is 11.3 Å². The molecule has 1 aromatic rings. The summed E-state index contributed by atoms with van der Waals surface area (Å²) in [5, 5.41) is 20.3. The number of carbonyl (C=O) groups excluding carboxylic acids is 1. The maximum atomic E-state index is 11.8. The number of aliphatic hydroxyl groups is 2. The minimum atomic E-state index is -0.368. The van der Waals surface area contributed by atoms with Crippen LogP contribution in [0.25, 0.3) is 6.08 Å². The van der Waals surface area contributed by atoms with Crippen molar-refractivity contribution in [3.05, 3.63) is 36.0 Å². The Kier molecular flexibility index (Phi) is 7.16. The molecule has 1 aromatic carbocycles. The molecule has 0 saturated heterocycles. The van der Waals surface area contributed by atoms with E-state index in [1.165, 1.54) is 11.1 Å². The van der Waals surface area contributed by atoms with Gasteiger partial charge in [-0.1, -0.05) is 12.1 Å². The predicted octanol–water partition coefficient (Wildman–Crippen LogP) is 0.662. The minimum absolute atomic E-state index is 0.146. The third-order valence-electron chi connectivity index (χ3n) is 2.60. The number of hydrogen-bond donors (Lipinski definition) is 3. The van der Waals surface area contributed by atoms with Gasteiger partial charge in [0.25, 0.3) is 0 Å². The van der Waals surface area contributed by atoms with Crippen molar-refractivity contribution in [1.82, 2.24) is 10.2 Å². The van der Waals surface area contributed by atoms with E-state index in [9.17, 15) is 4.79 Å². The predicted molar refractivity (Wildman–Crippen MR) is 76.3 cm³/mol. The van der Waals surface area contributed by atoms with Crippen LogP contribution in [0.2, 0.25) is 0 Å². The smallest absolute Gasteiger partial charge is 0.321 e. The summed E-state index contributed by atoms with van der Waals surface area (Å²) in [6, 6.07) is 7.03. The first-order valence-electron chi connectivity index (χ1n) is 6.29. The Balaban J connectivity index is 2.55. The van der Waals surface area contributed by atoms with Crippen molar-refractivity contribution < 1.29 is 19.7 Å². The first kappa shape index (κ1) is 16.0. The molecular formula is C14H20N2O4. The minimum Gasteiger partial charge on any atom is -0.497 e. The molecule has 0 aliphatic heterocycles. The summed E-state index contributed by atoms with van der Waals surface area (Å²) in [7, 11) is 1.59. The van der Waals surface area contributed by atoms with Gasteiger partial charge in [0, 0.05) is 19.3 Å². The molecule has 3 N–H and O–H groups in total. The quantitative estimate of drug-likeness (QED) is 0.685. The number of ether oxygens (including phenoxy) is 1. The van der Waals surface area contributed by atoms with Crippen molar-refractivity contribution in [3.63, 3.8) is 0 Å². The molecule has 110 valence electrons. The maximum absolute atomic E-state index is 11.8. The zero-order chi connectivity index (χ0) is 14.8. The van der Waals surface area contributed by atoms with Crippen molar-refractivity contribution in [2.24, 2.45) is 0 Å². The van der Waals surface area contributed by atoms with E-state index < -0.39 is 0 Å². The highest BCUT2D eigenvalue weighted by molar-refractivity contribution is 5.76. The summed E-state index contributed by atoms with van der Waals surface area (Å²) < 4.78 is 5.10. The Hall–Kier alpha value is -2.05. The molecule has 0 aromatic heterocycles. The van der Waals surface area contributed by atoms with Gasteiger partial charge in [0.05, 0.1) is 20.3 Å². The molecule has 0 bridgehead atoms. The lowest BCUT2D eigenvalue weighted by Crippen LogP contribution is -2.41. The zero-order valence-corrected chi connectivity index (χ0v) is 11.5. The molecule has 0 atom stereocenters. The Bertz CT molecular complexity index is 443. The Morgan fingerprint density at radius 3 is 2.65 bits per heavy atom. The lowest BCUT2D eigenvalue weighted by molar-refractivity contribution is 0.161. The molecule has 0 heterocycles. The van der Waals surface area contributed by atoms with Crippen LogP contribution < -0.4 is 10.1 Å². The Morgan fingerprint density at radius 1 is 1.35 bits per heavy atom. The van der Waals surface area contributed by atoms with Crippen LogP contribution in [0.15, 0.2) is 30.5 Å². The molecule has 1 rings (SSSR count). The third kappa shape index (κ3) is 5.29. The molecule has 0 saturated carbocycles. The van der Waals surface area contributed by atoms with Crippen LogP contribution in [-0.4, -0.2) is 54.6 Å². The lowest BCUT2D eigenvalue weighted by Gasteiger charge is -2.19. The topological polar surface area (TPSA) is 82.0 Å². The second-order valence-electron chi connectivity index (χ2n) is 3.99. The molecule has 0 radical (unpaired) electrons. The number of nitrogens with zero attached hydrogens (tertiary/aromatic N) is 1. The summed E-state index contributed by atoms with van der Waals surface area (Å²) in [5.74, 6) is 0.737. The first-order chi connectivity index (χ1) is 9.71. The highest BCUT2D eigenvalue weighted by atomic mass is 16.5. The second kappa shape index (κ2) is 8.95. The Labute approximate surface area is 118 Å². The van der Waals surface area contributed by atoms with Gasteiger partial charge in [-0.15, -0.1) is 0 Å². The number of carbonyl (C=O) groups is 1. The van der Waals surface area contributed by atoms with Crippen molar-refractivity contribution in [1.29, 1.82) is 0 Å². The number of methoxy groups -OCH3 is 1. The summed E-state index contributed by atoms with van der Waals surface area (Å²) in [6.45, 7) is 0.0683. The van der Waals surface area contributed by atoms with Gasteiger partial charge in [-0.2, -0.15) is 0 Å². The molecule has 0 unspecified atom stereocenters. The van der Waals surface area contributed by atoms with E-state index in [2.05, 4.69) is 5.32 Å². The van der Waals surface area contributed by atoms with E-state index in [1.807, 2.05) is 24.3 Å². The van der Waals surface area contributed by atoms with Crippen molar-refractivity contribution in [2.75, 3.05) is 33.4 Å². The monoisotopic (exact) mass is 280 g/mol. The van der Waals surface area contributed by atoms with Crippen LogP contribution in [0, 0.1) is 0 Å². The van der Waals surface area contributed by atoms with Crippen molar-refractivity contribution in [2.45, 2.75) is 0 Å². The van der Waals surface area contributed by atoms with Crippen molar-refractivity contribution >= 4 is 12.1 Å². The van der Waals surface area contributed by atoms with Gasteiger partial charge in [-0.3, -0.25) is 0 Å². The van der Waals surface area contributed by atoms with Gasteiger partial charge >= 0.3 is 6.03 Å². The molecule has 6 heteroatoms. The number of amides is 2. The number of benzene rings is 1. The van der Waals surface area contributed by atoms with E-state index in [4.69, 9.17) is 14.9 Å². The van der Waals surface area contributed by atoms with Crippen LogP contribution in [0.1, 0.15) is 5.56 Å². The molecule has 0 fully saturated rings. The summed E-state index contributed by atoms with van der Waals surface area (Å²) in [4.78, 5) is 13.1. The van der Waals surface area contributed by atoms with Gasteiger partial charge in [0.15, 0.2) is 0 Å². The molecular weight excluding hydrogens is 260 g/mol. The van der Waals surface area contributed by atoms with E-state index >= 15 is 0 Å². The van der Waals surface area contributed by atoms with E-state index in [-0.39, 0.29) is 32.3 Å². The van der Waals surface area contributed by atoms with Crippen LogP contribution in [0.3, 0.4) is 0 Å². The van der Waals surface area contributed by atoms with Crippen LogP contribution in [-0.2, 0) is 0 Å². The molecule has 0 spiro atoms. The first-order valence-corrected chi connectivity index (χ1v) is 6.29. The molecule has 2 amide bonds. The average Bonchev–Trinajstić information content (AvgIpc) is 2.47. The molecule has 6 nitrogen and oxygen atoms in total. The average molecular weight is 280 g/mol. The second-order valence-corrected chi connectivity index (χ2v) is 3.99. The fraction of sp³-hybridized carbons (Fsp3) is 0.357. The van der Waals surface area contributed by atoms with Crippen LogP contribution >= 0.6 is 0 Å². The summed E-state index contributed by atoms with van der Waals surface area (Å²) in [5.41, 5.74) is 0.889. The van der Waals surface area contributed by atoms with Crippen LogP contribution in [0.5, 0.6) is 5.75 Å². The molecule has 20 heavy (non-hydrogen) atoms. The lowest BCUT2D eigenvalue weighted by atomic mass is 10.2. The standard InChI is InChI=1S/C14H20N2O4/c1-20-13-4-2-3-12(11-13)5-6-15-14(19)16(7-9-17)8-10-18/h2-6,11,17-18H,7-10H2,1H3,(H,15,19)/b6-5+. The number of nitrogens with one attached hydrogen (secondary N) is 1. The Morgan fingerprint density at radius 2 is 2.05 bits per heavy atom. The van der Waals surface area contributed by atoms with Gasteiger partial charge in [-0.05, 0) is 23.8 Å². The van der Waals surface area contributed by atoms with E-state index in [0.29, 0.717) is 0 Å².